The molecule has 0 radical (unpaired) electrons. The molecule has 13 rings (SSSR count). The predicted molar refractivity (Wildman–Crippen MR) is 281 cm³/mol. The molecule has 0 saturated heterocycles. The molecule has 3 aromatic heterocycles. The second-order valence-corrected chi connectivity index (χ2v) is 18.7. The van der Waals surface area contributed by atoms with Crippen LogP contribution >= 0.6 is 22.7 Å². The number of nitrogens with zero attached hydrogens (tertiary/aromatic N) is 3. The smallest absolute Gasteiger partial charge is 0.0547 e. The number of hydrogen-bond acceptors (Lipinski definition) is 4. The van der Waals surface area contributed by atoms with Gasteiger partial charge in [-0.1, -0.05) is 127 Å². The molecule has 65 heavy (non-hydrogen) atoms. The fourth-order valence-corrected chi connectivity index (χ4v) is 12.1. The monoisotopic (exact) mass is 865 g/mol. The summed E-state index contributed by atoms with van der Waals surface area (Å²) in [4.78, 5) is 4.77. The lowest BCUT2D eigenvalue weighted by atomic mass is 9.98. The van der Waals surface area contributed by atoms with Crippen molar-refractivity contribution in [2.75, 3.05) is 9.80 Å². The van der Waals surface area contributed by atoms with Crippen molar-refractivity contribution in [2.45, 2.75) is 0 Å². The van der Waals surface area contributed by atoms with Crippen molar-refractivity contribution < 1.29 is 0 Å². The minimum Gasteiger partial charge on any atom is -0.310 e. The Morgan fingerprint density at radius 2 is 0.831 bits per heavy atom. The molecule has 0 unspecified atom stereocenters. The summed E-state index contributed by atoms with van der Waals surface area (Å²) in [5, 5.41) is 7.64. The Kier molecular flexibility index (Phi) is 8.90. The lowest BCUT2D eigenvalue weighted by Gasteiger charge is -2.29. The lowest BCUT2D eigenvalue weighted by Crippen LogP contribution is -2.13. The fourth-order valence-electron chi connectivity index (χ4n) is 9.86. The van der Waals surface area contributed by atoms with Gasteiger partial charge in [0.05, 0.1) is 11.0 Å². The van der Waals surface area contributed by atoms with Gasteiger partial charge >= 0.3 is 0 Å². The molecule has 0 atom stereocenters. The van der Waals surface area contributed by atoms with Crippen LogP contribution in [-0.4, -0.2) is 4.57 Å². The maximum absolute atomic E-state index is 2.44. The van der Waals surface area contributed by atoms with Crippen LogP contribution in [0.3, 0.4) is 0 Å². The zero-order valence-electron chi connectivity index (χ0n) is 35.2. The number of anilines is 6. The van der Waals surface area contributed by atoms with Crippen molar-refractivity contribution in [2.24, 2.45) is 0 Å². The summed E-state index contributed by atoms with van der Waals surface area (Å²) in [6, 6.07) is 86.3. The first-order valence-electron chi connectivity index (χ1n) is 22.0. The van der Waals surface area contributed by atoms with E-state index in [-0.39, 0.29) is 0 Å². The van der Waals surface area contributed by atoms with Crippen LogP contribution in [0.2, 0.25) is 0 Å². The van der Waals surface area contributed by atoms with Gasteiger partial charge in [0.25, 0.3) is 0 Å². The Bertz CT molecular complexity index is 3860. The summed E-state index contributed by atoms with van der Waals surface area (Å²) in [6.45, 7) is 0. The number of para-hydroxylation sites is 4. The molecule has 10 aromatic carbocycles. The predicted octanol–water partition coefficient (Wildman–Crippen LogP) is 18.1. The van der Waals surface area contributed by atoms with Gasteiger partial charge in [-0.05, 0) is 120 Å². The molecule has 5 heteroatoms. The van der Waals surface area contributed by atoms with E-state index in [4.69, 9.17) is 0 Å². The van der Waals surface area contributed by atoms with E-state index >= 15 is 0 Å². The first-order valence-corrected chi connectivity index (χ1v) is 23.6. The highest BCUT2D eigenvalue weighted by atomic mass is 32.1. The third-order valence-electron chi connectivity index (χ3n) is 12.7. The molecule has 0 spiro atoms. The molecule has 3 nitrogen and oxygen atoms in total. The second kappa shape index (κ2) is 15.4. The summed E-state index contributed by atoms with van der Waals surface area (Å²) in [7, 11) is 0. The van der Waals surface area contributed by atoms with E-state index in [9.17, 15) is 0 Å². The van der Waals surface area contributed by atoms with Gasteiger partial charge in [0.15, 0.2) is 0 Å². The molecule has 0 amide bonds. The van der Waals surface area contributed by atoms with Gasteiger partial charge in [0.2, 0.25) is 0 Å². The Balaban J connectivity index is 0.985. The average molecular weight is 866 g/mol. The zero-order valence-corrected chi connectivity index (χ0v) is 36.8. The Morgan fingerprint density at radius 3 is 1.62 bits per heavy atom. The highest BCUT2D eigenvalue weighted by Gasteiger charge is 2.21. The molecule has 0 bridgehead atoms. The van der Waals surface area contributed by atoms with Gasteiger partial charge in [-0.15, -0.1) is 22.7 Å². The van der Waals surface area contributed by atoms with Crippen LogP contribution in [0.1, 0.15) is 0 Å². The van der Waals surface area contributed by atoms with Gasteiger partial charge in [-0.25, -0.2) is 0 Å². The molecule has 306 valence electrons. The molecule has 3 heterocycles. The van der Waals surface area contributed by atoms with E-state index in [0.29, 0.717) is 0 Å². The molecular weight excluding hydrogens is 827 g/mol. The summed E-state index contributed by atoms with van der Waals surface area (Å²) in [6.07, 6.45) is 0. The van der Waals surface area contributed by atoms with E-state index in [1.807, 2.05) is 22.7 Å². The van der Waals surface area contributed by atoms with Crippen molar-refractivity contribution in [1.29, 1.82) is 0 Å². The quantitative estimate of drug-likeness (QED) is 0.151. The van der Waals surface area contributed by atoms with Crippen molar-refractivity contribution in [3.8, 4) is 16.8 Å². The number of fused-ring (bicyclic) bond motifs is 9. The number of aromatic nitrogens is 1. The third-order valence-corrected chi connectivity index (χ3v) is 15.0. The summed E-state index contributed by atoms with van der Waals surface area (Å²) in [5.41, 5.74) is 12.7. The topological polar surface area (TPSA) is 11.4 Å². The van der Waals surface area contributed by atoms with Crippen LogP contribution in [-0.2, 0) is 0 Å². The van der Waals surface area contributed by atoms with E-state index in [0.717, 1.165) is 39.8 Å². The highest BCUT2D eigenvalue weighted by molar-refractivity contribution is 7.26. The maximum Gasteiger partial charge on any atom is 0.0547 e. The van der Waals surface area contributed by atoms with E-state index < -0.39 is 0 Å². The largest absolute Gasteiger partial charge is 0.310 e. The minimum atomic E-state index is 1.08. The van der Waals surface area contributed by atoms with Crippen LogP contribution in [0.4, 0.5) is 34.1 Å². The molecule has 0 N–H and O–H groups in total. The first-order chi connectivity index (χ1) is 32.2. The van der Waals surface area contributed by atoms with E-state index in [1.54, 1.807) is 0 Å². The standard InChI is InChI=1S/C60H39N3S2/c1-4-16-41(17-5-1)61(42-18-6-2-7-19-42)44-22-14-23-45(37-44)62(46-32-35-57-53(38-46)51-25-11-13-28-56(51)64-57)47-31-34-52-59(39-47)65-58-29-15-26-48(60(52)58)40-30-33-50-49-24-10-12-27-54(49)63(55(50)36-40)43-20-8-3-9-21-43/h1-39H. The number of hydrogen-bond donors (Lipinski definition) is 0. The molecule has 0 aliphatic heterocycles. The fraction of sp³-hybridized carbons (Fsp3) is 0. The average Bonchev–Trinajstić information content (AvgIpc) is 4.04. The van der Waals surface area contributed by atoms with Crippen LogP contribution in [0, 0.1) is 0 Å². The molecular formula is C60H39N3S2. The first kappa shape index (κ1) is 37.6. The number of rotatable bonds is 8. The molecule has 0 fully saturated rings. The van der Waals surface area contributed by atoms with Crippen LogP contribution in [0.5, 0.6) is 0 Å². The number of benzene rings is 10. The van der Waals surface area contributed by atoms with Gasteiger partial charge in [-0.3, -0.25) is 0 Å². The van der Waals surface area contributed by atoms with Crippen LogP contribution in [0.25, 0.3) is 79.0 Å². The minimum absolute atomic E-state index is 1.08. The Labute approximate surface area is 384 Å². The normalized spacial score (nSPS) is 11.7. The second-order valence-electron chi connectivity index (χ2n) is 16.5. The third kappa shape index (κ3) is 6.31. The van der Waals surface area contributed by atoms with Gasteiger partial charge in [-0.2, -0.15) is 0 Å². The Hall–Kier alpha value is -7.96. The van der Waals surface area contributed by atoms with Crippen molar-refractivity contribution in [3.63, 3.8) is 0 Å². The molecule has 0 aliphatic carbocycles. The molecule has 13 aromatic rings. The number of thiophene rings is 2. The Morgan fingerprint density at radius 1 is 0.292 bits per heavy atom. The van der Waals surface area contributed by atoms with Crippen LogP contribution in [0.15, 0.2) is 237 Å². The zero-order chi connectivity index (χ0) is 42.8. The van der Waals surface area contributed by atoms with E-state index in [2.05, 4.69) is 251 Å². The lowest BCUT2D eigenvalue weighted by molar-refractivity contribution is 1.18. The van der Waals surface area contributed by atoms with Crippen molar-refractivity contribution >= 4 is 119 Å². The van der Waals surface area contributed by atoms with Crippen LogP contribution < -0.4 is 9.80 Å². The summed E-state index contributed by atoms with van der Waals surface area (Å²) >= 11 is 3.72. The SMILES string of the molecule is c1ccc(N(c2ccccc2)c2cccc(N(c3ccc4c(c3)sc3cccc(-c5ccc6c7ccccc7n(-c7ccccc7)c6c5)c34)c3ccc4sc5ccccc5c4c3)c2)cc1. The maximum atomic E-state index is 2.44. The van der Waals surface area contributed by atoms with Gasteiger partial charge < -0.3 is 14.4 Å². The van der Waals surface area contributed by atoms with Gasteiger partial charge in [0, 0.05) is 90.9 Å². The van der Waals surface area contributed by atoms with Crippen molar-refractivity contribution in [1.82, 2.24) is 4.57 Å². The molecule has 0 saturated carbocycles. The summed E-state index contributed by atoms with van der Waals surface area (Å²) < 4.78 is 7.53. The van der Waals surface area contributed by atoms with E-state index in [1.165, 1.54) is 73.3 Å². The highest BCUT2D eigenvalue weighted by Crippen LogP contribution is 2.47. The summed E-state index contributed by atoms with van der Waals surface area (Å²) in [5.74, 6) is 0. The molecule has 0 aliphatic rings. The van der Waals surface area contributed by atoms with Crippen molar-refractivity contribution in [3.05, 3.63) is 237 Å². The van der Waals surface area contributed by atoms with Gasteiger partial charge in [0.1, 0.15) is 0 Å².